The maximum Gasteiger partial charge on any atom is 0.316 e. The van der Waals surface area contributed by atoms with Gasteiger partial charge in [-0.05, 0) is 52.9 Å². The smallest absolute Gasteiger partial charge is 0.316 e. The number of halogens is 1. The van der Waals surface area contributed by atoms with E-state index in [1.54, 1.807) is 6.26 Å². The molecule has 0 aromatic rings. The quantitative estimate of drug-likeness (QED) is 0.384. The Labute approximate surface area is 131 Å². The van der Waals surface area contributed by atoms with Gasteiger partial charge in [-0.2, -0.15) is 0 Å². The van der Waals surface area contributed by atoms with Crippen LogP contribution in [0.25, 0.3) is 0 Å². The number of allylic oxidation sites excluding steroid dienone is 1. The third-order valence-electron chi connectivity index (χ3n) is 4.39. The Morgan fingerprint density at radius 2 is 2.05 bits per heavy atom. The van der Waals surface area contributed by atoms with Crippen LogP contribution in [0.5, 0.6) is 0 Å². The van der Waals surface area contributed by atoms with Crippen molar-refractivity contribution in [2.45, 2.75) is 64.9 Å². The maximum atomic E-state index is 12.7. The van der Waals surface area contributed by atoms with E-state index in [1.807, 2.05) is 19.9 Å². The van der Waals surface area contributed by atoms with Crippen LogP contribution in [0.3, 0.4) is 0 Å². The lowest BCUT2D eigenvalue weighted by Crippen LogP contribution is -2.55. The lowest BCUT2D eigenvalue weighted by molar-refractivity contribution is -0.183. The van der Waals surface area contributed by atoms with Gasteiger partial charge in [0, 0.05) is 5.33 Å². The van der Waals surface area contributed by atoms with E-state index < -0.39 is 11.0 Å². The largest absolute Gasteiger partial charge is 0.494 e. The van der Waals surface area contributed by atoms with E-state index in [0.717, 1.165) is 43.9 Å². The summed E-state index contributed by atoms with van der Waals surface area (Å²) in [4.78, 5) is 12.7. The summed E-state index contributed by atoms with van der Waals surface area (Å²) in [7, 11) is 0. The van der Waals surface area contributed by atoms with Gasteiger partial charge in [-0.15, -0.1) is 0 Å². The summed E-state index contributed by atoms with van der Waals surface area (Å²) in [6, 6.07) is 0. The van der Waals surface area contributed by atoms with E-state index in [0.29, 0.717) is 6.61 Å². The highest BCUT2D eigenvalue weighted by Gasteiger charge is 2.56. The molecule has 0 heterocycles. The van der Waals surface area contributed by atoms with Gasteiger partial charge in [-0.1, -0.05) is 28.4 Å². The summed E-state index contributed by atoms with van der Waals surface area (Å²) in [6.45, 7) is 6.28. The van der Waals surface area contributed by atoms with Crippen molar-refractivity contribution in [3.63, 3.8) is 0 Å². The molecule has 0 amide bonds. The first-order valence-electron chi connectivity index (χ1n) is 7.58. The van der Waals surface area contributed by atoms with Gasteiger partial charge in [0.1, 0.15) is 11.0 Å². The first kappa shape index (κ1) is 17.5. The Morgan fingerprint density at radius 3 is 2.65 bits per heavy atom. The Balaban J connectivity index is 3.09. The van der Waals surface area contributed by atoms with Gasteiger partial charge in [-0.3, -0.25) is 4.79 Å². The predicted octanol–water partition coefficient (Wildman–Crippen LogP) is 4.59. The fourth-order valence-corrected chi connectivity index (χ4v) is 3.51. The first-order chi connectivity index (χ1) is 9.56. The fourth-order valence-electron chi connectivity index (χ4n) is 3.23. The highest BCUT2D eigenvalue weighted by molar-refractivity contribution is 9.09. The number of ether oxygens (including phenoxy) is 2. The Kier molecular flexibility index (Phi) is 7.07. The van der Waals surface area contributed by atoms with E-state index in [9.17, 15) is 4.79 Å². The lowest BCUT2D eigenvalue weighted by atomic mass is 9.61. The van der Waals surface area contributed by atoms with Crippen molar-refractivity contribution in [3.05, 3.63) is 12.3 Å². The standard InChI is InChI=1S/C16H27BrO3/c1-4-13-20-15(3)9-6-7-10-16(15,11-8-12-17)14(18)19-5-2/h4,13H,5-12H2,1-3H3/b13-4+/t15-,16-/m0/s1. The molecule has 1 aliphatic rings. The normalized spacial score (nSPS) is 30.4. The van der Waals surface area contributed by atoms with Crippen molar-refractivity contribution >= 4 is 21.9 Å². The Hall–Kier alpha value is -0.510. The highest BCUT2D eigenvalue weighted by atomic mass is 79.9. The number of hydrogen-bond acceptors (Lipinski definition) is 3. The fraction of sp³-hybridized carbons (Fsp3) is 0.812. The van der Waals surface area contributed by atoms with Crippen LogP contribution in [-0.4, -0.2) is 23.5 Å². The van der Waals surface area contributed by atoms with Crippen molar-refractivity contribution in [3.8, 4) is 0 Å². The Bertz CT molecular complexity index is 343. The molecule has 4 heteroatoms. The number of hydrogen-bond donors (Lipinski definition) is 0. The van der Waals surface area contributed by atoms with Gasteiger partial charge in [-0.25, -0.2) is 0 Å². The molecule has 0 unspecified atom stereocenters. The van der Waals surface area contributed by atoms with Crippen LogP contribution >= 0.6 is 15.9 Å². The van der Waals surface area contributed by atoms with E-state index in [2.05, 4.69) is 22.9 Å². The van der Waals surface area contributed by atoms with Gasteiger partial charge >= 0.3 is 5.97 Å². The zero-order valence-corrected chi connectivity index (χ0v) is 14.5. The third kappa shape index (κ3) is 3.57. The number of carbonyl (C=O) groups excluding carboxylic acids is 1. The van der Waals surface area contributed by atoms with Crippen molar-refractivity contribution in [1.29, 1.82) is 0 Å². The second-order valence-corrected chi connectivity index (χ2v) is 6.41. The number of esters is 1. The molecule has 1 fully saturated rings. The topological polar surface area (TPSA) is 35.5 Å². The van der Waals surface area contributed by atoms with E-state index in [-0.39, 0.29) is 5.97 Å². The first-order valence-corrected chi connectivity index (χ1v) is 8.70. The molecule has 0 bridgehead atoms. The van der Waals surface area contributed by atoms with Crippen LogP contribution in [0.15, 0.2) is 12.3 Å². The minimum atomic E-state index is -0.519. The second-order valence-electron chi connectivity index (χ2n) is 5.62. The van der Waals surface area contributed by atoms with Crippen LogP contribution in [-0.2, 0) is 14.3 Å². The summed E-state index contributed by atoms with van der Waals surface area (Å²) in [5.41, 5.74) is -0.985. The SMILES string of the molecule is C/C=C/O[C@@]1(C)CCCC[C@]1(CCCBr)C(=O)OCC. The van der Waals surface area contributed by atoms with Crippen molar-refractivity contribution in [2.24, 2.45) is 5.41 Å². The monoisotopic (exact) mass is 346 g/mol. The second kappa shape index (κ2) is 8.06. The molecule has 0 N–H and O–H groups in total. The van der Waals surface area contributed by atoms with Crippen LogP contribution < -0.4 is 0 Å². The minimum Gasteiger partial charge on any atom is -0.494 e. The van der Waals surface area contributed by atoms with Gasteiger partial charge in [0.25, 0.3) is 0 Å². The molecule has 20 heavy (non-hydrogen) atoms. The number of rotatable bonds is 7. The molecule has 1 aliphatic carbocycles. The van der Waals surface area contributed by atoms with E-state index in [4.69, 9.17) is 9.47 Å². The summed E-state index contributed by atoms with van der Waals surface area (Å²) in [6.07, 6.45) is 9.27. The Morgan fingerprint density at radius 1 is 1.35 bits per heavy atom. The molecule has 1 saturated carbocycles. The average Bonchev–Trinajstić information content (AvgIpc) is 2.45. The van der Waals surface area contributed by atoms with Gasteiger partial charge in [0.05, 0.1) is 12.9 Å². The average molecular weight is 347 g/mol. The molecule has 2 atom stereocenters. The zero-order chi connectivity index (χ0) is 15.1. The van der Waals surface area contributed by atoms with Crippen molar-refractivity contribution < 1.29 is 14.3 Å². The molecular weight excluding hydrogens is 320 g/mol. The van der Waals surface area contributed by atoms with Gasteiger partial charge in [0.2, 0.25) is 0 Å². The molecule has 3 nitrogen and oxygen atoms in total. The molecule has 0 spiro atoms. The molecule has 0 saturated heterocycles. The zero-order valence-electron chi connectivity index (χ0n) is 12.9. The maximum absolute atomic E-state index is 12.7. The summed E-state index contributed by atoms with van der Waals surface area (Å²) < 4.78 is 11.4. The molecule has 0 radical (unpaired) electrons. The van der Waals surface area contributed by atoms with Crippen molar-refractivity contribution in [2.75, 3.05) is 11.9 Å². The van der Waals surface area contributed by atoms with E-state index >= 15 is 0 Å². The van der Waals surface area contributed by atoms with Crippen molar-refractivity contribution in [1.82, 2.24) is 0 Å². The van der Waals surface area contributed by atoms with Crippen LogP contribution in [0.4, 0.5) is 0 Å². The predicted molar refractivity (Wildman–Crippen MR) is 84.9 cm³/mol. The van der Waals surface area contributed by atoms with Gasteiger partial charge < -0.3 is 9.47 Å². The highest BCUT2D eigenvalue weighted by Crippen LogP contribution is 2.50. The number of carbonyl (C=O) groups is 1. The summed E-state index contributed by atoms with van der Waals surface area (Å²) in [5.74, 6) is -0.0901. The third-order valence-corrected chi connectivity index (χ3v) is 4.95. The van der Waals surface area contributed by atoms with Crippen LogP contribution in [0, 0.1) is 5.41 Å². The van der Waals surface area contributed by atoms with Crippen LogP contribution in [0.1, 0.15) is 59.3 Å². The van der Waals surface area contributed by atoms with Crippen LogP contribution in [0.2, 0.25) is 0 Å². The lowest BCUT2D eigenvalue weighted by Gasteiger charge is -2.49. The minimum absolute atomic E-state index is 0.0901. The number of alkyl halides is 1. The molecule has 0 aromatic carbocycles. The van der Waals surface area contributed by atoms with Gasteiger partial charge in [0.15, 0.2) is 0 Å². The molecule has 0 aliphatic heterocycles. The molecule has 1 rings (SSSR count). The molecule has 0 aromatic heterocycles. The molecular formula is C16H27BrO3. The summed E-state index contributed by atoms with van der Waals surface area (Å²) in [5, 5.41) is 0.897. The summed E-state index contributed by atoms with van der Waals surface area (Å²) >= 11 is 3.47. The van der Waals surface area contributed by atoms with E-state index in [1.165, 1.54) is 0 Å². The molecule has 116 valence electrons.